The van der Waals surface area contributed by atoms with Crippen LogP contribution in [0.15, 0.2) is 42.5 Å². The van der Waals surface area contributed by atoms with E-state index in [1.54, 1.807) is 11.0 Å². The maximum absolute atomic E-state index is 13.9. The monoisotopic (exact) mass is 412 g/mol. The van der Waals surface area contributed by atoms with Crippen LogP contribution in [0.5, 0.6) is 5.75 Å². The molecule has 2 unspecified atom stereocenters. The lowest BCUT2D eigenvalue weighted by atomic mass is 9.88. The molecule has 160 valence electrons. The Kier molecular flexibility index (Phi) is 6.75. The minimum atomic E-state index is -0.606. The molecule has 0 saturated carbocycles. The molecule has 2 aromatic rings. The van der Waals surface area contributed by atoms with E-state index in [-0.39, 0.29) is 23.7 Å². The van der Waals surface area contributed by atoms with E-state index in [2.05, 4.69) is 5.32 Å². The van der Waals surface area contributed by atoms with E-state index >= 15 is 0 Å². The van der Waals surface area contributed by atoms with Crippen LogP contribution < -0.4 is 10.1 Å². The molecule has 2 aromatic carbocycles. The van der Waals surface area contributed by atoms with Crippen LogP contribution in [-0.4, -0.2) is 35.4 Å². The fourth-order valence-electron chi connectivity index (χ4n) is 3.91. The highest BCUT2D eigenvalue weighted by atomic mass is 19.1. The summed E-state index contributed by atoms with van der Waals surface area (Å²) in [5.41, 5.74) is 2.71. The van der Waals surface area contributed by atoms with Gasteiger partial charge < -0.3 is 15.0 Å². The first kappa shape index (κ1) is 21.8. The third-order valence-corrected chi connectivity index (χ3v) is 5.29. The molecule has 0 aromatic heterocycles. The minimum Gasteiger partial charge on any atom is -0.481 e. The van der Waals surface area contributed by atoms with Gasteiger partial charge in [-0.25, -0.2) is 4.39 Å². The van der Waals surface area contributed by atoms with E-state index in [0.29, 0.717) is 30.7 Å². The molecular formula is C24H29FN2O3. The first-order chi connectivity index (χ1) is 14.3. The number of nitrogens with zero attached hydrogens (tertiary/aromatic N) is 1. The van der Waals surface area contributed by atoms with Gasteiger partial charge in [-0.3, -0.25) is 9.59 Å². The molecule has 0 aliphatic carbocycles. The number of nitrogens with one attached hydrogen (secondary N) is 1. The van der Waals surface area contributed by atoms with Gasteiger partial charge in [-0.15, -0.1) is 0 Å². The molecular weight excluding hydrogens is 383 g/mol. The fourth-order valence-corrected chi connectivity index (χ4v) is 3.91. The molecule has 30 heavy (non-hydrogen) atoms. The van der Waals surface area contributed by atoms with E-state index in [1.807, 2.05) is 45.0 Å². The predicted octanol–water partition coefficient (Wildman–Crippen LogP) is 4.00. The van der Waals surface area contributed by atoms with Crippen molar-refractivity contribution in [2.24, 2.45) is 0 Å². The average Bonchev–Trinajstić information content (AvgIpc) is 2.70. The van der Waals surface area contributed by atoms with Gasteiger partial charge in [-0.1, -0.05) is 25.1 Å². The molecule has 1 N–H and O–H groups in total. The number of carbonyl (C=O) groups excluding carboxylic acids is 2. The molecule has 2 amide bonds. The maximum atomic E-state index is 13.9. The van der Waals surface area contributed by atoms with Gasteiger partial charge in [0.05, 0.1) is 6.04 Å². The zero-order valence-electron chi connectivity index (χ0n) is 17.9. The Bertz CT molecular complexity index is 928. The van der Waals surface area contributed by atoms with Gasteiger partial charge in [0.2, 0.25) is 5.91 Å². The quantitative estimate of drug-likeness (QED) is 0.780. The van der Waals surface area contributed by atoms with Crippen molar-refractivity contribution >= 4 is 11.8 Å². The molecule has 0 saturated heterocycles. The highest BCUT2D eigenvalue weighted by Crippen LogP contribution is 2.37. The number of hydrogen-bond donors (Lipinski definition) is 1. The number of fused-ring (bicyclic) bond motifs is 1. The topological polar surface area (TPSA) is 58.6 Å². The Balaban J connectivity index is 1.97. The largest absolute Gasteiger partial charge is 0.481 e. The molecule has 0 fully saturated rings. The van der Waals surface area contributed by atoms with Crippen molar-refractivity contribution in [1.82, 2.24) is 10.2 Å². The second-order valence-corrected chi connectivity index (χ2v) is 7.96. The molecule has 0 spiro atoms. The van der Waals surface area contributed by atoms with E-state index in [1.165, 1.54) is 19.1 Å². The standard InChI is InChI=1S/C24H29FN2O3/c1-5-22(24(29)26-15(2)3)30-20-10-9-17-11-12-27(16(4)28)23(21(17)14-20)18-7-6-8-19(25)13-18/h6-10,13-15,22-23H,5,11-12H2,1-4H3,(H,26,29). The summed E-state index contributed by atoms with van der Waals surface area (Å²) in [5, 5.41) is 2.88. The Hall–Kier alpha value is -2.89. The van der Waals surface area contributed by atoms with Crippen molar-refractivity contribution in [3.63, 3.8) is 0 Å². The zero-order valence-corrected chi connectivity index (χ0v) is 17.9. The molecule has 1 heterocycles. The summed E-state index contributed by atoms with van der Waals surface area (Å²) >= 11 is 0. The summed E-state index contributed by atoms with van der Waals surface area (Å²) in [6.45, 7) is 7.81. The second kappa shape index (κ2) is 9.28. The van der Waals surface area contributed by atoms with Crippen molar-refractivity contribution in [2.75, 3.05) is 6.54 Å². The van der Waals surface area contributed by atoms with Gasteiger partial charge >= 0.3 is 0 Å². The van der Waals surface area contributed by atoms with Gasteiger partial charge in [0.15, 0.2) is 6.10 Å². The third-order valence-electron chi connectivity index (χ3n) is 5.29. The summed E-state index contributed by atoms with van der Waals surface area (Å²) in [6.07, 6.45) is 0.639. The van der Waals surface area contributed by atoms with Crippen molar-refractivity contribution in [1.29, 1.82) is 0 Å². The predicted molar refractivity (Wildman–Crippen MR) is 114 cm³/mol. The van der Waals surface area contributed by atoms with Gasteiger partial charge in [0, 0.05) is 19.5 Å². The summed E-state index contributed by atoms with van der Waals surface area (Å²) in [5.74, 6) is -0.000475. The number of ether oxygens (including phenoxy) is 1. The number of carbonyl (C=O) groups is 2. The SMILES string of the molecule is CCC(Oc1ccc2c(c1)C(c1cccc(F)c1)N(C(C)=O)CC2)C(=O)NC(C)C. The first-order valence-electron chi connectivity index (χ1n) is 10.4. The minimum absolute atomic E-state index is 0.0279. The normalized spacial score (nSPS) is 16.7. The van der Waals surface area contributed by atoms with Gasteiger partial charge in [-0.05, 0) is 67.6 Å². The highest BCUT2D eigenvalue weighted by Gasteiger charge is 2.31. The molecule has 2 atom stereocenters. The van der Waals surface area contributed by atoms with E-state index < -0.39 is 12.1 Å². The number of benzene rings is 2. The second-order valence-electron chi connectivity index (χ2n) is 7.96. The van der Waals surface area contributed by atoms with E-state index in [0.717, 1.165) is 11.1 Å². The first-order valence-corrected chi connectivity index (χ1v) is 10.4. The molecule has 1 aliphatic rings. The van der Waals surface area contributed by atoms with Crippen molar-refractivity contribution in [3.8, 4) is 5.75 Å². The Morgan fingerprint density at radius 3 is 2.63 bits per heavy atom. The lowest BCUT2D eigenvalue weighted by Crippen LogP contribution is -2.41. The van der Waals surface area contributed by atoms with E-state index in [4.69, 9.17) is 4.74 Å². The lowest BCUT2D eigenvalue weighted by molar-refractivity contribution is -0.131. The van der Waals surface area contributed by atoms with Gasteiger partial charge in [0.25, 0.3) is 5.91 Å². The van der Waals surface area contributed by atoms with Crippen LogP contribution in [-0.2, 0) is 16.0 Å². The van der Waals surface area contributed by atoms with Crippen molar-refractivity contribution in [3.05, 3.63) is 65.0 Å². The van der Waals surface area contributed by atoms with Gasteiger partial charge in [-0.2, -0.15) is 0 Å². The summed E-state index contributed by atoms with van der Waals surface area (Å²) in [7, 11) is 0. The number of rotatable bonds is 6. The van der Waals surface area contributed by atoms with Crippen LogP contribution in [0.25, 0.3) is 0 Å². The lowest BCUT2D eigenvalue weighted by Gasteiger charge is -2.37. The van der Waals surface area contributed by atoms with Crippen molar-refractivity contribution < 1.29 is 18.7 Å². The van der Waals surface area contributed by atoms with E-state index in [9.17, 15) is 14.0 Å². The average molecular weight is 413 g/mol. The van der Waals surface area contributed by atoms with Crippen LogP contribution in [0.1, 0.15) is 56.8 Å². The molecule has 0 radical (unpaired) electrons. The van der Waals surface area contributed by atoms with Crippen LogP contribution in [0, 0.1) is 5.82 Å². The molecule has 5 nitrogen and oxygen atoms in total. The third kappa shape index (κ3) is 4.81. The maximum Gasteiger partial charge on any atom is 0.261 e. The number of amides is 2. The Morgan fingerprint density at radius 1 is 1.23 bits per heavy atom. The zero-order chi connectivity index (χ0) is 21.8. The Morgan fingerprint density at radius 2 is 2.00 bits per heavy atom. The van der Waals surface area contributed by atoms with Crippen LogP contribution in [0.2, 0.25) is 0 Å². The highest BCUT2D eigenvalue weighted by molar-refractivity contribution is 5.81. The molecule has 0 bridgehead atoms. The van der Waals surface area contributed by atoms with Crippen LogP contribution in [0.4, 0.5) is 4.39 Å². The number of halogens is 1. The van der Waals surface area contributed by atoms with Crippen LogP contribution in [0.3, 0.4) is 0 Å². The Labute approximate surface area is 177 Å². The van der Waals surface area contributed by atoms with Gasteiger partial charge in [0.1, 0.15) is 11.6 Å². The summed E-state index contributed by atoms with van der Waals surface area (Å²) in [6, 6.07) is 11.7. The molecule has 1 aliphatic heterocycles. The smallest absolute Gasteiger partial charge is 0.261 e. The van der Waals surface area contributed by atoms with Crippen molar-refractivity contribution in [2.45, 2.75) is 58.7 Å². The summed E-state index contributed by atoms with van der Waals surface area (Å²) in [4.78, 5) is 26.5. The summed E-state index contributed by atoms with van der Waals surface area (Å²) < 4.78 is 20.0. The molecule has 6 heteroatoms. The molecule has 3 rings (SSSR count). The number of hydrogen-bond acceptors (Lipinski definition) is 3. The fraction of sp³-hybridized carbons (Fsp3) is 0.417. The van der Waals surface area contributed by atoms with Crippen LogP contribution >= 0.6 is 0 Å².